The number of nitrogens with zero attached hydrogens (tertiary/aromatic N) is 1. The Morgan fingerprint density at radius 1 is 0.871 bits per heavy atom. The molecule has 0 saturated carbocycles. The molecule has 1 amide bonds. The van der Waals surface area contributed by atoms with E-state index >= 15 is 0 Å². The zero-order chi connectivity index (χ0) is 22.1. The van der Waals surface area contributed by atoms with Gasteiger partial charge in [-0.05, 0) is 29.8 Å². The molecule has 0 saturated heterocycles. The zero-order valence-corrected chi connectivity index (χ0v) is 17.6. The summed E-state index contributed by atoms with van der Waals surface area (Å²) in [6.07, 6.45) is 1.54. The van der Waals surface area contributed by atoms with E-state index < -0.39 is 5.91 Å². The molecule has 0 heterocycles. The van der Waals surface area contributed by atoms with Crippen molar-refractivity contribution in [1.82, 2.24) is 5.43 Å². The maximum absolute atomic E-state index is 12.6. The van der Waals surface area contributed by atoms with Crippen molar-refractivity contribution in [3.63, 3.8) is 0 Å². The summed E-state index contributed by atoms with van der Waals surface area (Å²) in [5.41, 5.74) is 4.63. The van der Waals surface area contributed by atoms with Gasteiger partial charge in [-0.3, -0.25) is 4.79 Å². The fraction of sp³-hybridized carbons (Fsp3) is 0.167. The first kappa shape index (κ1) is 21.7. The molecule has 0 aliphatic heterocycles. The molecule has 160 valence electrons. The lowest BCUT2D eigenvalue weighted by molar-refractivity contribution is 0.0954. The molecule has 31 heavy (non-hydrogen) atoms. The van der Waals surface area contributed by atoms with Gasteiger partial charge >= 0.3 is 0 Å². The highest BCUT2D eigenvalue weighted by molar-refractivity contribution is 5.96. The van der Waals surface area contributed by atoms with Crippen LogP contribution in [0.5, 0.6) is 23.0 Å². The van der Waals surface area contributed by atoms with Crippen molar-refractivity contribution in [3.8, 4) is 23.0 Å². The van der Waals surface area contributed by atoms with Gasteiger partial charge in [0.2, 0.25) is 5.75 Å². The molecule has 0 aliphatic carbocycles. The molecule has 0 radical (unpaired) electrons. The van der Waals surface area contributed by atoms with Gasteiger partial charge in [0.15, 0.2) is 11.5 Å². The van der Waals surface area contributed by atoms with Crippen molar-refractivity contribution in [2.75, 3.05) is 21.3 Å². The van der Waals surface area contributed by atoms with E-state index in [1.807, 2.05) is 54.6 Å². The fourth-order valence-electron chi connectivity index (χ4n) is 2.89. The molecule has 0 spiro atoms. The van der Waals surface area contributed by atoms with Crippen molar-refractivity contribution < 1.29 is 23.7 Å². The second-order valence-corrected chi connectivity index (χ2v) is 6.43. The molecule has 0 fully saturated rings. The number of amides is 1. The number of benzene rings is 3. The SMILES string of the molecule is COc1cc(C(=O)N/N=C\c2ccccc2OCc2ccccc2)cc(OC)c1OC. The van der Waals surface area contributed by atoms with Crippen LogP contribution in [-0.4, -0.2) is 33.5 Å². The summed E-state index contributed by atoms with van der Waals surface area (Å²) in [6.45, 7) is 0.434. The number of carbonyl (C=O) groups is 1. The molecule has 0 aliphatic rings. The summed E-state index contributed by atoms with van der Waals surface area (Å²) in [6, 6.07) is 20.5. The number of hydrogen-bond acceptors (Lipinski definition) is 6. The van der Waals surface area contributed by atoms with Crippen LogP contribution in [0.1, 0.15) is 21.5 Å². The van der Waals surface area contributed by atoms with E-state index in [4.69, 9.17) is 18.9 Å². The minimum Gasteiger partial charge on any atom is -0.493 e. The Kier molecular flexibility index (Phi) is 7.48. The normalized spacial score (nSPS) is 10.5. The Morgan fingerprint density at radius 2 is 1.52 bits per heavy atom. The number of rotatable bonds is 9. The molecule has 7 heteroatoms. The average Bonchev–Trinajstić information content (AvgIpc) is 2.82. The number of nitrogens with one attached hydrogen (secondary N) is 1. The van der Waals surface area contributed by atoms with Gasteiger partial charge in [-0.15, -0.1) is 0 Å². The van der Waals surface area contributed by atoms with Crippen molar-refractivity contribution in [1.29, 1.82) is 0 Å². The zero-order valence-electron chi connectivity index (χ0n) is 17.6. The van der Waals surface area contributed by atoms with Crippen LogP contribution >= 0.6 is 0 Å². The third kappa shape index (κ3) is 5.54. The number of para-hydroxylation sites is 1. The molecule has 0 aromatic heterocycles. The van der Waals surface area contributed by atoms with E-state index in [1.54, 1.807) is 12.1 Å². The summed E-state index contributed by atoms with van der Waals surface area (Å²) >= 11 is 0. The Labute approximate surface area is 181 Å². The van der Waals surface area contributed by atoms with Crippen LogP contribution in [0.15, 0.2) is 71.8 Å². The molecule has 1 N–H and O–H groups in total. The van der Waals surface area contributed by atoms with Crippen molar-refractivity contribution in [2.45, 2.75) is 6.61 Å². The Hall–Kier alpha value is -4.00. The highest BCUT2D eigenvalue weighted by Gasteiger charge is 2.16. The average molecular weight is 420 g/mol. The highest BCUT2D eigenvalue weighted by atomic mass is 16.5. The second kappa shape index (κ2) is 10.7. The van der Waals surface area contributed by atoms with Gasteiger partial charge in [-0.25, -0.2) is 5.43 Å². The van der Waals surface area contributed by atoms with Crippen LogP contribution in [-0.2, 0) is 6.61 Å². The molecule has 0 bridgehead atoms. The standard InChI is InChI=1S/C24H24N2O5/c1-28-21-13-19(14-22(29-2)23(21)30-3)24(27)26-25-15-18-11-7-8-12-20(18)31-16-17-9-5-4-6-10-17/h4-15H,16H2,1-3H3,(H,26,27)/b25-15-. The molecule has 0 unspecified atom stereocenters. The quantitative estimate of drug-likeness (QED) is 0.417. The van der Waals surface area contributed by atoms with Crippen LogP contribution in [0.3, 0.4) is 0 Å². The largest absolute Gasteiger partial charge is 0.493 e. The van der Waals surface area contributed by atoms with E-state index in [9.17, 15) is 4.79 Å². The maximum atomic E-state index is 12.6. The van der Waals surface area contributed by atoms with Gasteiger partial charge in [-0.1, -0.05) is 42.5 Å². The number of carbonyl (C=O) groups excluding carboxylic acids is 1. The van der Waals surface area contributed by atoms with Crippen LogP contribution in [0.4, 0.5) is 0 Å². The molecular formula is C24H24N2O5. The second-order valence-electron chi connectivity index (χ2n) is 6.43. The molecule has 7 nitrogen and oxygen atoms in total. The summed E-state index contributed by atoms with van der Waals surface area (Å²) in [7, 11) is 4.48. The van der Waals surface area contributed by atoms with Crippen LogP contribution in [0.25, 0.3) is 0 Å². The minimum atomic E-state index is -0.418. The van der Waals surface area contributed by atoms with Gasteiger partial charge in [0.05, 0.1) is 27.5 Å². The number of methoxy groups -OCH3 is 3. The van der Waals surface area contributed by atoms with Gasteiger partial charge in [-0.2, -0.15) is 5.10 Å². The Morgan fingerprint density at radius 3 is 2.16 bits per heavy atom. The number of ether oxygens (including phenoxy) is 4. The lowest BCUT2D eigenvalue weighted by Crippen LogP contribution is -2.18. The molecule has 3 rings (SSSR count). The Balaban J connectivity index is 1.70. The van der Waals surface area contributed by atoms with Gasteiger partial charge in [0.25, 0.3) is 5.91 Å². The van der Waals surface area contributed by atoms with E-state index in [0.717, 1.165) is 11.1 Å². The van der Waals surface area contributed by atoms with E-state index in [-0.39, 0.29) is 0 Å². The minimum absolute atomic E-state index is 0.320. The molecule has 3 aromatic rings. The Bertz CT molecular complexity index is 1030. The van der Waals surface area contributed by atoms with E-state index in [0.29, 0.717) is 35.2 Å². The van der Waals surface area contributed by atoms with Crippen LogP contribution in [0, 0.1) is 0 Å². The summed E-state index contributed by atoms with van der Waals surface area (Å²) in [4.78, 5) is 12.6. The monoisotopic (exact) mass is 420 g/mol. The summed E-state index contributed by atoms with van der Waals surface area (Å²) in [5.74, 6) is 1.43. The smallest absolute Gasteiger partial charge is 0.271 e. The fourth-order valence-corrected chi connectivity index (χ4v) is 2.89. The predicted octanol–water partition coefficient (Wildman–Crippen LogP) is 4.06. The lowest BCUT2D eigenvalue weighted by atomic mass is 10.1. The molecule has 0 atom stereocenters. The van der Waals surface area contributed by atoms with E-state index in [2.05, 4.69) is 10.5 Å². The first-order valence-electron chi connectivity index (χ1n) is 9.55. The lowest BCUT2D eigenvalue weighted by Gasteiger charge is -2.13. The van der Waals surface area contributed by atoms with Crippen molar-refractivity contribution >= 4 is 12.1 Å². The summed E-state index contributed by atoms with van der Waals surface area (Å²) in [5, 5.41) is 4.07. The predicted molar refractivity (Wildman–Crippen MR) is 118 cm³/mol. The van der Waals surface area contributed by atoms with Gasteiger partial charge in [0, 0.05) is 11.1 Å². The topological polar surface area (TPSA) is 78.4 Å². The number of hydrazone groups is 1. The third-order valence-corrected chi connectivity index (χ3v) is 4.45. The molecular weight excluding hydrogens is 396 g/mol. The first-order chi connectivity index (χ1) is 15.2. The van der Waals surface area contributed by atoms with Gasteiger partial charge in [0.1, 0.15) is 12.4 Å². The van der Waals surface area contributed by atoms with Crippen molar-refractivity contribution in [2.24, 2.45) is 5.10 Å². The van der Waals surface area contributed by atoms with E-state index in [1.165, 1.54) is 27.5 Å². The van der Waals surface area contributed by atoms with Gasteiger partial charge < -0.3 is 18.9 Å². The van der Waals surface area contributed by atoms with Crippen LogP contribution in [0.2, 0.25) is 0 Å². The number of hydrogen-bond donors (Lipinski definition) is 1. The third-order valence-electron chi connectivity index (χ3n) is 4.45. The highest BCUT2D eigenvalue weighted by Crippen LogP contribution is 2.38. The van der Waals surface area contributed by atoms with Crippen LogP contribution < -0.4 is 24.4 Å². The van der Waals surface area contributed by atoms with Crippen molar-refractivity contribution in [3.05, 3.63) is 83.4 Å². The maximum Gasteiger partial charge on any atom is 0.271 e. The molecule has 3 aromatic carbocycles. The summed E-state index contributed by atoms with van der Waals surface area (Å²) < 4.78 is 21.7. The first-order valence-corrected chi connectivity index (χ1v) is 9.55.